The Labute approximate surface area is 245 Å². The van der Waals surface area contributed by atoms with E-state index in [-0.39, 0.29) is 18.8 Å². The summed E-state index contributed by atoms with van der Waals surface area (Å²) in [7, 11) is 0. The molecule has 2 aromatic carbocycles. The lowest BCUT2D eigenvalue weighted by molar-refractivity contribution is -0.253. The highest BCUT2D eigenvalue weighted by molar-refractivity contribution is 6.76. The Kier molecular flexibility index (Phi) is 9.73. The lowest BCUT2D eigenvalue weighted by Crippen LogP contribution is -2.45. The van der Waals surface area contributed by atoms with Gasteiger partial charge in [-0.3, -0.25) is 9.69 Å². The van der Waals surface area contributed by atoms with Crippen molar-refractivity contribution in [2.75, 3.05) is 38.0 Å². The van der Waals surface area contributed by atoms with Crippen molar-refractivity contribution in [2.24, 2.45) is 0 Å². The Morgan fingerprint density at radius 2 is 1.62 bits per heavy atom. The molecule has 0 spiro atoms. The van der Waals surface area contributed by atoms with E-state index in [0.717, 1.165) is 42.7 Å². The standard InChI is InChI=1S/C29H36Cl3N3O4/c30-29(31,32)28(37)33-23-11-9-22(10-12-23)27-38-25(16-26(39-27)21-7-5-20(19-36)6-8-21)18-35-15-3-4-24(35)17-34-13-1-2-14-34/h5-12,24-27,36H,1-4,13-19H2,(H,33,37)/t24-,25-,26+,27+/m0/s1. The molecule has 0 aliphatic carbocycles. The summed E-state index contributed by atoms with van der Waals surface area (Å²) >= 11 is 17.0. The van der Waals surface area contributed by atoms with Crippen LogP contribution in [-0.4, -0.2) is 69.5 Å². The van der Waals surface area contributed by atoms with Crippen molar-refractivity contribution < 1.29 is 19.4 Å². The van der Waals surface area contributed by atoms with Crippen LogP contribution in [0.25, 0.3) is 0 Å². The molecule has 39 heavy (non-hydrogen) atoms. The van der Waals surface area contributed by atoms with Gasteiger partial charge in [-0.2, -0.15) is 0 Å². The maximum atomic E-state index is 12.0. The lowest BCUT2D eigenvalue weighted by atomic mass is 9.99. The van der Waals surface area contributed by atoms with Crippen LogP contribution in [0.5, 0.6) is 0 Å². The van der Waals surface area contributed by atoms with E-state index in [1.165, 1.54) is 38.8 Å². The summed E-state index contributed by atoms with van der Waals surface area (Å²) < 4.78 is 11.0. The maximum Gasteiger partial charge on any atom is 0.276 e. The molecule has 7 nitrogen and oxygen atoms in total. The molecule has 5 rings (SSSR count). The van der Waals surface area contributed by atoms with Crippen molar-refractivity contribution in [2.45, 2.75) is 67.0 Å². The van der Waals surface area contributed by atoms with Gasteiger partial charge < -0.3 is 24.8 Å². The van der Waals surface area contributed by atoms with E-state index in [2.05, 4.69) is 15.1 Å². The molecule has 212 valence electrons. The van der Waals surface area contributed by atoms with Crippen molar-refractivity contribution in [3.05, 3.63) is 65.2 Å². The summed E-state index contributed by atoms with van der Waals surface area (Å²) in [5, 5.41) is 12.1. The number of benzene rings is 2. The summed E-state index contributed by atoms with van der Waals surface area (Å²) in [6.07, 6.45) is 5.10. The Hall–Kier alpha value is -1.42. The fraction of sp³-hybridized carbons (Fsp3) is 0.552. The van der Waals surface area contributed by atoms with Crippen molar-refractivity contribution >= 4 is 46.4 Å². The highest BCUT2D eigenvalue weighted by Gasteiger charge is 2.36. The average Bonchev–Trinajstić information content (AvgIpc) is 3.61. The molecule has 0 unspecified atom stereocenters. The van der Waals surface area contributed by atoms with E-state index >= 15 is 0 Å². The zero-order valence-electron chi connectivity index (χ0n) is 21.9. The first-order valence-electron chi connectivity index (χ1n) is 13.7. The molecule has 0 radical (unpaired) electrons. The van der Waals surface area contributed by atoms with Gasteiger partial charge in [0.1, 0.15) is 0 Å². The third-order valence-electron chi connectivity index (χ3n) is 7.92. The van der Waals surface area contributed by atoms with Crippen molar-refractivity contribution in [3.8, 4) is 0 Å². The van der Waals surface area contributed by atoms with Crippen LogP contribution < -0.4 is 5.32 Å². The maximum absolute atomic E-state index is 12.0. The van der Waals surface area contributed by atoms with Crippen LogP contribution in [0.4, 0.5) is 5.69 Å². The third kappa shape index (κ3) is 7.66. The number of nitrogens with one attached hydrogen (secondary N) is 1. The Balaban J connectivity index is 1.31. The molecule has 0 bridgehead atoms. The number of halogens is 3. The number of aliphatic hydroxyl groups is 1. The van der Waals surface area contributed by atoms with E-state index in [1.807, 2.05) is 36.4 Å². The minimum Gasteiger partial charge on any atom is -0.392 e. The van der Waals surface area contributed by atoms with E-state index in [1.54, 1.807) is 12.1 Å². The molecule has 2 aromatic rings. The fourth-order valence-corrected chi connectivity index (χ4v) is 5.97. The second-order valence-corrected chi connectivity index (χ2v) is 13.0. The SMILES string of the molecule is O=C(Nc1ccc([C@@H]2O[C@H](CN3CCC[C@H]3CN3CCCC3)C[C@H](c3ccc(CO)cc3)O2)cc1)C(Cl)(Cl)Cl. The predicted molar refractivity (Wildman–Crippen MR) is 154 cm³/mol. The largest absolute Gasteiger partial charge is 0.392 e. The summed E-state index contributed by atoms with van der Waals surface area (Å²) in [4.78, 5) is 17.2. The topological polar surface area (TPSA) is 74.3 Å². The molecule has 0 aromatic heterocycles. The Morgan fingerprint density at radius 1 is 0.923 bits per heavy atom. The van der Waals surface area contributed by atoms with E-state index < -0.39 is 16.0 Å². The molecular weight excluding hydrogens is 561 g/mol. The van der Waals surface area contributed by atoms with Gasteiger partial charge in [0.25, 0.3) is 9.70 Å². The number of likely N-dealkylation sites (tertiary alicyclic amines) is 2. The predicted octanol–water partition coefficient (Wildman–Crippen LogP) is 5.59. The van der Waals surface area contributed by atoms with E-state index in [0.29, 0.717) is 11.7 Å². The van der Waals surface area contributed by atoms with Crippen LogP contribution in [0, 0.1) is 0 Å². The molecule has 1 amide bonds. The minimum absolute atomic E-state index is 0.00538. The van der Waals surface area contributed by atoms with Crippen molar-refractivity contribution in [1.82, 2.24) is 9.80 Å². The number of anilines is 1. The van der Waals surface area contributed by atoms with Crippen LogP contribution in [0.1, 0.15) is 61.2 Å². The van der Waals surface area contributed by atoms with Gasteiger partial charge >= 0.3 is 0 Å². The van der Waals surface area contributed by atoms with Crippen LogP contribution >= 0.6 is 34.8 Å². The van der Waals surface area contributed by atoms with Gasteiger partial charge in [-0.15, -0.1) is 0 Å². The molecule has 10 heteroatoms. The number of carbonyl (C=O) groups is 1. The number of rotatable bonds is 8. The first kappa shape index (κ1) is 29.1. The summed E-state index contributed by atoms with van der Waals surface area (Å²) in [6.45, 7) is 5.53. The van der Waals surface area contributed by atoms with Gasteiger partial charge in [-0.1, -0.05) is 71.2 Å². The van der Waals surface area contributed by atoms with Gasteiger partial charge in [0.15, 0.2) is 6.29 Å². The number of hydrogen-bond acceptors (Lipinski definition) is 6. The average molecular weight is 597 g/mol. The first-order valence-corrected chi connectivity index (χ1v) is 14.9. The van der Waals surface area contributed by atoms with Crippen LogP contribution in [0.15, 0.2) is 48.5 Å². The fourth-order valence-electron chi connectivity index (χ4n) is 5.83. The first-order chi connectivity index (χ1) is 18.8. The zero-order valence-corrected chi connectivity index (χ0v) is 24.2. The number of hydrogen-bond donors (Lipinski definition) is 2. The second-order valence-electron chi connectivity index (χ2n) is 10.7. The van der Waals surface area contributed by atoms with Crippen LogP contribution in [0.2, 0.25) is 0 Å². The molecule has 3 aliphatic heterocycles. The van der Waals surface area contributed by atoms with Gasteiger partial charge in [0.2, 0.25) is 0 Å². The normalized spacial score (nSPS) is 26.7. The highest BCUT2D eigenvalue weighted by Crippen LogP contribution is 2.39. The van der Waals surface area contributed by atoms with Crippen LogP contribution in [0.3, 0.4) is 0 Å². The number of carbonyl (C=O) groups excluding carboxylic acids is 1. The quantitative estimate of drug-likeness (QED) is 0.387. The second kappa shape index (κ2) is 13.0. The van der Waals surface area contributed by atoms with Crippen molar-refractivity contribution in [3.63, 3.8) is 0 Å². The summed E-state index contributed by atoms with van der Waals surface area (Å²) in [6, 6.07) is 15.7. The zero-order chi connectivity index (χ0) is 27.4. The van der Waals surface area contributed by atoms with E-state index in [9.17, 15) is 9.90 Å². The number of aliphatic hydroxyl groups excluding tert-OH is 1. The van der Waals surface area contributed by atoms with Gasteiger partial charge in [-0.05, 0) is 68.6 Å². The number of nitrogens with zero attached hydrogens (tertiary/aromatic N) is 2. The molecule has 2 N–H and O–H groups in total. The molecule has 3 aliphatic rings. The molecule has 3 heterocycles. The van der Waals surface area contributed by atoms with Gasteiger partial charge in [0.05, 0.1) is 18.8 Å². The smallest absolute Gasteiger partial charge is 0.276 e. The number of amides is 1. The van der Waals surface area contributed by atoms with Gasteiger partial charge in [-0.25, -0.2) is 0 Å². The highest BCUT2D eigenvalue weighted by atomic mass is 35.6. The monoisotopic (exact) mass is 595 g/mol. The molecule has 3 fully saturated rings. The molecule has 3 saturated heterocycles. The number of ether oxygens (including phenoxy) is 2. The lowest BCUT2D eigenvalue weighted by Gasteiger charge is -2.39. The molecule has 4 atom stereocenters. The van der Waals surface area contributed by atoms with E-state index in [4.69, 9.17) is 44.3 Å². The molecular formula is C29H36Cl3N3O4. The van der Waals surface area contributed by atoms with Crippen LogP contribution in [-0.2, 0) is 20.9 Å². The van der Waals surface area contributed by atoms with Gasteiger partial charge in [0, 0.05) is 36.8 Å². The third-order valence-corrected chi connectivity index (χ3v) is 8.43. The minimum atomic E-state index is -2.04. The molecule has 0 saturated carbocycles. The summed E-state index contributed by atoms with van der Waals surface area (Å²) in [5.74, 6) is -0.717. The summed E-state index contributed by atoms with van der Waals surface area (Å²) in [5.41, 5.74) is 3.29. The Bertz CT molecular complexity index is 1090. The number of alkyl halides is 3. The Morgan fingerprint density at radius 3 is 2.28 bits per heavy atom. The van der Waals surface area contributed by atoms with Crippen molar-refractivity contribution in [1.29, 1.82) is 0 Å².